The molecule has 0 aromatic rings. The molecule has 0 aliphatic carbocycles. The molecule has 2 nitrogen and oxygen atoms in total. The summed E-state index contributed by atoms with van der Waals surface area (Å²) in [5.74, 6) is 0.579. The molecule has 39 valence electrons. The Morgan fingerprint density at radius 3 is 2.57 bits per heavy atom. The molecule has 0 saturated carbocycles. The first-order valence-corrected chi connectivity index (χ1v) is 1.98. The van der Waals surface area contributed by atoms with E-state index in [9.17, 15) is 4.79 Å². The fourth-order valence-electron chi connectivity index (χ4n) is 0.125. The average molecular weight is 99.1 g/mol. The first-order chi connectivity index (χ1) is 3.31. The van der Waals surface area contributed by atoms with E-state index in [-0.39, 0.29) is 0 Å². The van der Waals surface area contributed by atoms with Crippen molar-refractivity contribution in [3.63, 3.8) is 0 Å². The third-order valence-corrected chi connectivity index (χ3v) is 0.609. The minimum absolute atomic E-state index is 0.579. The van der Waals surface area contributed by atoms with Gasteiger partial charge in [-0.2, -0.15) is 0 Å². The van der Waals surface area contributed by atoms with Crippen LogP contribution in [-0.4, -0.2) is 6.47 Å². The van der Waals surface area contributed by atoms with Crippen molar-refractivity contribution < 1.29 is 9.53 Å². The Balaban J connectivity index is 3.36. The van der Waals surface area contributed by atoms with Gasteiger partial charge >= 0.3 is 6.47 Å². The zero-order valence-electron chi connectivity index (χ0n) is 4.39. The van der Waals surface area contributed by atoms with Gasteiger partial charge in [0.15, 0.2) is 0 Å². The maximum absolute atomic E-state index is 9.39. The standard InChI is InChI=1S/C5H7O2/c1-3-5(2)7-4-6/h3H,1-2H3/b5-3-. The van der Waals surface area contributed by atoms with Gasteiger partial charge in [0.2, 0.25) is 0 Å². The number of hydrogen-bond donors (Lipinski definition) is 0. The van der Waals surface area contributed by atoms with Crippen LogP contribution in [-0.2, 0) is 9.53 Å². The summed E-state index contributed by atoms with van der Waals surface area (Å²) in [4.78, 5) is 9.39. The van der Waals surface area contributed by atoms with E-state index in [2.05, 4.69) is 4.74 Å². The number of allylic oxidation sites excluding steroid dienone is 2. The summed E-state index contributed by atoms with van der Waals surface area (Å²) in [5.41, 5.74) is 0. The topological polar surface area (TPSA) is 26.3 Å². The van der Waals surface area contributed by atoms with Crippen molar-refractivity contribution in [2.45, 2.75) is 13.8 Å². The van der Waals surface area contributed by atoms with E-state index in [1.54, 1.807) is 19.9 Å². The Hall–Kier alpha value is -0.790. The Morgan fingerprint density at radius 1 is 1.86 bits per heavy atom. The predicted octanol–water partition coefficient (Wildman–Crippen LogP) is 0.994. The summed E-state index contributed by atoms with van der Waals surface area (Å²) in [6.07, 6.45) is 1.69. The molecule has 0 N–H and O–H groups in total. The summed E-state index contributed by atoms with van der Waals surface area (Å²) in [6, 6.07) is 0. The van der Waals surface area contributed by atoms with Gasteiger partial charge in [-0.1, -0.05) is 0 Å². The quantitative estimate of drug-likeness (QED) is 0.482. The molecule has 0 aliphatic rings. The summed E-state index contributed by atoms with van der Waals surface area (Å²) in [5, 5.41) is 0. The number of rotatable bonds is 2. The molecule has 0 aliphatic heterocycles. The zero-order chi connectivity index (χ0) is 5.70. The number of hydrogen-bond acceptors (Lipinski definition) is 2. The maximum atomic E-state index is 9.39. The van der Waals surface area contributed by atoms with Crippen LogP contribution in [0.3, 0.4) is 0 Å². The van der Waals surface area contributed by atoms with Crippen molar-refractivity contribution in [3.8, 4) is 0 Å². The van der Waals surface area contributed by atoms with Crippen molar-refractivity contribution in [2.75, 3.05) is 0 Å². The van der Waals surface area contributed by atoms with E-state index in [1.165, 1.54) is 6.47 Å². The largest absolute Gasteiger partial charge is 0.423 e. The second-order valence-electron chi connectivity index (χ2n) is 1.08. The molecule has 0 spiro atoms. The van der Waals surface area contributed by atoms with Crippen molar-refractivity contribution in [1.29, 1.82) is 0 Å². The van der Waals surface area contributed by atoms with E-state index in [4.69, 9.17) is 0 Å². The highest BCUT2D eigenvalue weighted by molar-refractivity contribution is 5.40. The molecular formula is C5H7O2. The lowest BCUT2D eigenvalue weighted by Crippen LogP contribution is -1.80. The summed E-state index contributed by atoms with van der Waals surface area (Å²) in [6.45, 7) is 4.77. The molecule has 0 aromatic carbocycles. The van der Waals surface area contributed by atoms with Gasteiger partial charge in [-0.05, 0) is 19.9 Å². The van der Waals surface area contributed by atoms with E-state index >= 15 is 0 Å². The Bertz CT molecular complexity index is 84.1. The van der Waals surface area contributed by atoms with Crippen LogP contribution in [0.15, 0.2) is 11.8 Å². The van der Waals surface area contributed by atoms with Gasteiger partial charge in [0.1, 0.15) is 5.76 Å². The fraction of sp³-hybridized carbons (Fsp3) is 0.400. The monoisotopic (exact) mass is 99.0 g/mol. The molecule has 0 aromatic heterocycles. The minimum atomic E-state index is 0.579. The second-order valence-corrected chi connectivity index (χ2v) is 1.08. The third kappa shape index (κ3) is 3.03. The van der Waals surface area contributed by atoms with E-state index in [0.29, 0.717) is 5.76 Å². The first-order valence-electron chi connectivity index (χ1n) is 1.98. The lowest BCUT2D eigenvalue weighted by molar-refractivity contribution is 0.363. The molecule has 0 saturated heterocycles. The Labute approximate surface area is 42.8 Å². The van der Waals surface area contributed by atoms with Crippen molar-refractivity contribution in [1.82, 2.24) is 0 Å². The van der Waals surface area contributed by atoms with E-state index in [0.717, 1.165) is 0 Å². The molecule has 0 amide bonds. The molecule has 0 bridgehead atoms. The summed E-state index contributed by atoms with van der Waals surface area (Å²) < 4.78 is 4.25. The van der Waals surface area contributed by atoms with Crippen LogP contribution in [0, 0.1) is 0 Å². The van der Waals surface area contributed by atoms with Crippen LogP contribution >= 0.6 is 0 Å². The van der Waals surface area contributed by atoms with Gasteiger partial charge < -0.3 is 4.74 Å². The van der Waals surface area contributed by atoms with Crippen LogP contribution in [0.2, 0.25) is 0 Å². The SMILES string of the molecule is C/C=C(/C)O[C]=O. The van der Waals surface area contributed by atoms with Gasteiger partial charge in [-0.3, -0.25) is 0 Å². The molecule has 7 heavy (non-hydrogen) atoms. The van der Waals surface area contributed by atoms with Crippen LogP contribution in [0.1, 0.15) is 13.8 Å². The van der Waals surface area contributed by atoms with Crippen LogP contribution in [0.25, 0.3) is 0 Å². The van der Waals surface area contributed by atoms with Crippen LogP contribution in [0.5, 0.6) is 0 Å². The number of carbonyl (C=O) groups excluding carboxylic acids is 1. The van der Waals surface area contributed by atoms with Gasteiger partial charge in [0.05, 0.1) is 0 Å². The molecule has 0 atom stereocenters. The normalized spacial score (nSPS) is 10.9. The van der Waals surface area contributed by atoms with E-state index in [1.807, 2.05) is 0 Å². The summed E-state index contributed by atoms with van der Waals surface area (Å²) in [7, 11) is 0. The fourth-order valence-corrected chi connectivity index (χ4v) is 0.125. The number of ether oxygens (including phenoxy) is 1. The van der Waals surface area contributed by atoms with Gasteiger partial charge in [-0.15, -0.1) is 0 Å². The molecule has 0 unspecified atom stereocenters. The molecule has 0 fully saturated rings. The zero-order valence-corrected chi connectivity index (χ0v) is 4.39. The molecule has 0 rings (SSSR count). The summed E-state index contributed by atoms with van der Waals surface area (Å²) >= 11 is 0. The van der Waals surface area contributed by atoms with Crippen molar-refractivity contribution >= 4 is 6.47 Å². The van der Waals surface area contributed by atoms with Gasteiger partial charge in [-0.25, -0.2) is 4.79 Å². The molecular weight excluding hydrogens is 92.1 g/mol. The van der Waals surface area contributed by atoms with Crippen molar-refractivity contribution in [2.24, 2.45) is 0 Å². The maximum Gasteiger partial charge on any atom is 0.422 e. The highest BCUT2D eigenvalue weighted by Gasteiger charge is 1.80. The minimum Gasteiger partial charge on any atom is -0.423 e. The van der Waals surface area contributed by atoms with Crippen molar-refractivity contribution in [3.05, 3.63) is 11.8 Å². The lowest BCUT2D eigenvalue weighted by Gasteiger charge is -1.87. The van der Waals surface area contributed by atoms with E-state index < -0.39 is 0 Å². The highest BCUT2D eigenvalue weighted by Crippen LogP contribution is 1.88. The third-order valence-electron chi connectivity index (χ3n) is 0.609. The van der Waals surface area contributed by atoms with Crippen LogP contribution < -0.4 is 0 Å². The van der Waals surface area contributed by atoms with Crippen LogP contribution in [0.4, 0.5) is 0 Å². The average Bonchev–Trinajstić information content (AvgIpc) is 1.68. The first kappa shape index (κ1) is 6.21. The second kappa shape index (κ2) is 3.40. The molecule has 2 heteroatoms. The molecule has 1 radical (unpaired) electrons. The molecule has 0 heterocycles. The van der Waals surface area contributed by atoms with Gasteiger partial charge in [0.25, 0.3) is 0 Å². The highest BCUT2D eigenvalue weighted by atomic mass is 16.5. The lowest BCUT2D eigenvalue weighted by atomic mass is 10.5. The predicted molar refractivity (Wildman–Crippen MR) is 26.2 cm³/mol. The Morgan fingerprint density at radius 2 is 2.43 bits per heavy atom. The van der Waals surface area contributed by atoms with Gasteiger partial charge in [0, 0.05) is 0 Å². The Kier molecular flexibility index (Phi) is 3.02. The smallest absolute Gasteiger partial charge is 0.422 e.